The number of aromatic nitrogens is 3. The molecule has 2 aliphatic heterocycles. The van der Waals surface area contributed by atoms with Crippen LogP contribution in [0.2, 0.25) is 0 Å². The van der Waals surface area contributed by atoms with E-state index in [4.69, 9.17) is 0 Å². The van der Waals surface area contributed by atoms with Crippen LogP contribution in [0.25, 0.3) is 22.5 Å². The second-order valence-electron chi connectivity index (χ2n) is 7.81. The summed E-state index contributed by atoms with van der Waals surface area (Å²) in [7, 11) is 0. The molecule has 1 aromatic heterocycles. The summed E-state index contributed by atoms with van der Waals surface area (Å²) in [6.07, 6.45) is 0.391. The van der Waals surface area contributed by atoms with E-state index in [-0.39, 0.29) is 11.3 Å². The standard InChI is InChI=1S/C22H20N4O3S/c1-22(20(21(28)29)26-16(27)12-17(26)30-22)13-25-19(15-10-6-3-7-11-15)18(23-24-25)14-8-4-2-5-9-14/h2-11,17,20H,12-13H2,1H3,(H,28,29)/t17-,20+,22+/m1/s1. The zero-order valence-electron chi connectivity index (χ0n) is 16.3. The van der Waals surface area contributed by atoms with E-state index in [1.54, 1.807) is 16.4 Å². The molecule has 2 aromatic carbocycles. The van der Waals surface area contributed by atoms with Crippen molar-refractivity contribution in [2.24, 2.45) is 0 Å². The van der Waals surface area contributed by atoms with Gasteiger partial charge in [0.05, 0.1) is 28.8 Å². The first-order valence-corrected chi connectivity index (χ1v) is 10.6. The number of carbonyl (C=O) groups is 2. The number of fused-ring (bicyclic) bond motifs is 1. The first-order chi connectivity index (χ1) is 14.5. The van der Waals surface area contributed by atoms with E-state index in [0.29, 0.717) is 13.0 Å². The van der Waals surface area contributed by atoms with Crippen molar-refractivity contribution in [3.05, 3.63) is 60.7 Å². The number of carboxylic acids is 1. The molecule has 30 heavy (non-hydrogen) atoms. The minimum Gasteiger partial charge on any atom is -0.480 e. The SMILES string of the molecule is C[C@@]1(Cn2nnc(-c3ccccc3)c2-c2ccccc2)S[C@@H]2CC(=O)N2[C@H]1C(=O)O. The molecule has 0 saturated carbocycles. The molecule has 8 heteroatoms. The molecule has 0 unspecified atom stereocenters. The normalized spacial score (nSPS) is 25.1. The van der Waals surface area contributed by atoms with E-state index in [1.165, 1.54) is 4.90 Å². The zero-order chi connectivity index (χ0) is 20.9. The average molecular weight is 420 g/mol. The molecule has 1 amide bonds. The monoisotopic (exact) mass is 420 g/mol. The highest BCUT2D eigenvalue weighted by Gasteiger charge is 2.61. The van der Waals surface area contributed by atoms with E-state index >= 15 is 0 Å². The van der Waals surface area contributed by atoms with Gasteiger partial charge in [-0.05, 0) is 6.92 Å². The van der Waals surface area contributed by atoms with Gasteiger partial charge in [0.2, 0.25) is 5.91 Å². The first kappa shape index (κ1) is 18.9. The minimum atomic E-state index is -0.981. The third kappa shape index (κ3) is 2.90. The number of carbonyl (C=O) groups excluding carboxylic acids is 1. The Morgan fingerprint density at radius 3 is 2.37 bits per heavy atom. The van der Waals surface area contributed by atoms with Crippen LogP contribution in [0.5, 0.6) is 0 Å². The number of thioether (sulfide) groups is 1. The predicted octanol–water partition coefficient (Wildman–Crippen LogP) is 3.13. The smallest absolute Gasteiger partial charge is 0.327 e. The Morgan fingerprint density at radius 2 is 1.77 bits per heavy atom. The molecular weight excluding hydrogens is 400 g/mol. The van der Waals surface area contributed by atoms with Crippen molar-refractivity contribution in [3.8, 4) is 22.5 Å². The lowest BCUT2D eigenvalue weighted by Gasteiger charge is -2.37. The Labute approximate surface area is 177 Å². The van der Waals surface area contributed by atoms with E-state index in [9.17, 15) is 14.7 Å². The molecule has 5 rings (SSSR count). The van der Waals surface area contributed by atoms with Crippen molar-refractivity contribution in [1.82, 2.24) is 19.9 Å². The lowest BCUT2D eigenvalue weighted by Crippen LogP contribution is -2.58. The van der Waals surface area contributed by atoms with Crippen LogP contribution in [-0.2, 0) is 16.1 Å². The number of hydrogen-bond donors (Lipinski definition) is 1. The van der Waals surface area contributed by atoms with Gasteiger partial charge in [-0.15, -0.1) is 16.9 Å². The summed E-state index contributed by atoms with van der Waals surface area (Å²) in [5.74, 6) is -1.08. The van der Waals surface area contributed by atoms with Gasteiger partial charge < -0.3 is 10.0 Å². The summed E-state index contributed by atoms with van der Waals surface area (Å²) in [5.41, 5.74) is 3.49. The van der Waals surface area contributed by atoms with Gasteiger partial charge in [0, 0.05) is 11.1 Å². The number of benzene rings is 2. The topological polar surface area (TPSA) is 88.3 Å². The fourth-order valence-electron chi connectivity index (χ4n) is 4.38. The fourth-order valence-corrected chi connectivity index (χ4v) is 6.12. The zero-order valence-corrected chi connectivity index (χ0v) is 17.1. The number of nitrogens with zero attached hydrogens (tertiary/aromatic N) is 4. The lowest BCUT2D eigenvalue weighted by molar-refractivity contribution is -0.157. The second-order valence-corrected chi connectivity index (χ2v) is 9.52. The summed E-state index contributed by atoms with van der Waals surface area (Å²) in [5, 5.41) is 18.7. The van der Waals surface area contributed by atoms with Crippen LogP contribution in [0, 0.1) is 0 Å². The quantitative estimate of drug-likeness (QED) is 0.638. The summed E-state index contributed by atoms with van der Waals surface area (Å²) in [6.45, 7) is 2.24. The van der Waals surface area contributed by atoms with Gasteiger partial charge in [-0.2, -0.15) is 0 Å². The molecule has 3 heterocycles. The number of carboxylic acid groups (broad SMARTS) is 1. The molecule has 0 spiro atoms. The maximum atomic E-state index is 12.1. The highest BCUT2D eigenvalue weighted by Crippen LogP contribution is 2.52. The van der Waals surface area contributed by atoms with Crippen molar-refractivity contribution < 1.29 is 14.7 Å². The van der Waals surface area contributed by atoms with Gasteiger partial charge in [-0.3, -0.25) is 4.79 Å². The number of β-lactam (4-membered cyclic amide) rings is 1. The van der Waals surface area contributed by atoms with Gasteiger partial charge in [0.25, 0.3) is 0 Å². The summed E-state index contributed by atoms with van der Waals surface area (Å²) in [4.78, 5) is 25.6. The van der Waals surface area contributed by atoms with Gasteiger partial charge in [0.15, 0.2) is 0 Å². The van der Waals surface area contributed by atoms with Gasteiger partial charge >= 0.3 is 5.97 Å². The summed E-state index contributed by atoms with van der Waals surface area (Å²) >= 11 is 1.54. The van der Waals surface area contributed by atoms with Crippen LogP contribution in [-0.4, -0.2) is 53.0 Å². The minimum absolute atomic E-state index is 0.0825. The second kappa shape index (κ2) is 6.98. The number of aliphatic carboxylic acids is 1. The van der Waals surface area contributed by atoms with E-state index in [0.717, 1.165) is 22.5 Å². The van der Waals surface area contributed by atoms with Crippen LogP contribution in [0.4, 0.5) is 0 Å². The molecule has 2 fully saturated rings. The Morgan fingerprint density at radius 1 is 1.13 bits per heavy atom. The maximum Gasteiger partial charge on any atom is 0.327 e. The van der Waals surface area contributed by atoms with Crippen molar-refractivity contribution in [3.63, 3.8) is 0 Å². The van der Waals surface area contributed by atoms with Gasteiger partial charge in [-0.25, -0.2) is 9.48 Å². The fraction of sp³-hybridized carbons (Fsp3) is 0.273. The molecule has 0 radical (unpaired) electrons. The average Bonchev–Trinajstić information content (AvgIpc) is 3.25. The third-order valence-electron chi connectivity index (χ3n) is 5.74. The molecular formula is C22H20N4O3S. The van der Waals surface area contributed by atoms with Crippen LogP contribution >= 0.6 is 11.8 Å². The highest BCUT2D eigenvalue weighted by atomic mass is 32.2. The number of hydrogen-bond acceptors (Lipinski definition) is 5. The van der Waals surface area contributed by atoms with Crippen molar-refractivity contribution in [2.45, 2.75) is 36.1 Å². The summed E-state index contributed by atoms with van der Waals surface area (Å²) < 4.78 is 1.07. The Balaban J connectivity index is 1.59. The van der Waals surface area contributed by atoms with Gasteiger partial charge in [-0.1, -0.05) is 65.9 Å². The highest BCUT2D eigenvalue weighted by molar-refractivity contribution is 8.01. The molecule has 2 aliphatic rings. The number of amides is 1. The van der Waals surface area contributed by atoms with E-state index in [1.807, 2.05) is 67.6 Å². The molecule has 0 bridgehead atoms. The Hall–Kier alpha value is -3.13. The van der Waals surface area contributed by atoms with E-state index < -0.39 is 16.8 Å². The third-order valence-corrected chi connectivity index (χ3v) is 7.29. The van der Waals surface area contributed by atoms with Crippen LogP contribution < -0.4 is 0 Å². The van der Waals surface area contributed by atoms with E-state index in [2.05, 4.69) is 10.3 Å². The maximum absolute atomic E-state index is 12.1. The molecule has 2 saturated heterocycles. The molecule has 3 aromatic rings. The molecule has 7 nitrogen and oxygen atoms in total. The van der Waals surface area contributed by atoms with Crippen molar-refractivity contribution in [1.29, 1.82) is 0 Å². The number of rotatable bonds is 5. The Bertz CT molecular complexity index is 1120. The summed E-state index contributed by atoms with van der Waals surface area (Å²) in [6, 6.07) is 18.8. The van der Waals surface area contributed by atoms with Crippen molar-refractivity contribution >= 4 is 23.6 Å². The molecule has 1 N–H and O–H groups in total. The predicted molar refractivity (Wildman–Crippen MR) is 114 cm³/mol. The Kier molecular flexibility index (Phi) is 4.39. The van der Waals surface area contributed by atoms with Crippen LogP contribution in [0.15, 0.2) is 60.7 Å². The molecule has 3 atom stereocenters. The largest absolute Gasteiger partial charge is 0.480 e. The van der Waals surface area contributed by atoms with Crippen LogP contribution in [0.3, 0.4) is 0 Å². The van der Waals surface area contributed by atoms with Gasteiger partial charge in [0.1, 0.15) is 11.7 Å². The lowest BCUT2D eigenvalue weighted by atomic mass is 9.96. The van der Waals surface area contributed by atoms with Crippen LogP contribution in [0.1, 0.15) is 13.3 Å². The molecule has 0 aliphatic carbocycles. The molecule has 152 valence electrons. The van der Waals surface area contributed by atoms with Crippen molar-refractivity contribution in [2.75, 3.05) is 0 Å². The first-order valence-electron chi connectivity index (χ1n) is 9.74.